The fraction of sp³-hybridized carbons (Fsp3) is 0.269. The average molecular weight is 581 g/mol. The van der Waals surface area contributed by atoms with Crippen LogP contribution in [0.3, 0.4) is 0 Å². The maximum absolute atomic E-state index is 15.0. The van der Waals surface area contributed by atoms with Crippen LogP contribution in [0.1, 0.15) is 38.4 Å². The van der Waals surface area contributed by atoms with Crippen LogP contribution in [0.25, 0.3) is 0 Å². The van der Waals surface area contributed by atoms with E-state index in [-0.39, 0.29) is 40.0 Å². The van der Waals surface area contributed by atoms with Gasteiger partial charge in [-0.1, -0.05) is 0 Å². The number of amides is 2. The number of hydrogen-bond acceptors (Lipinski definition) is 8. The van der Waals surface area contributed by atoms with Crippen molar-refractivity contribution < 1.29 is 51.6 Å². The lowest BCUT2D eigenvalue weighted by atomic mass is 10.2. The van der Waals surface area contributed by atoms with Crippen molar-refractivity contribution in [2.75, 3.05) is 31.5 Å². The smallest absolute Gasteiger partial charge is 0.349 e. The number of nitrogens with one attached hydrogen (secondary N) is 2. The maximum Gasteiger partial charge on any atom is 0.349 e. The highest BCUT2D eigenvalue weighted by Gasteiger charge is 2.26. The third-order valence-electron chi connectivity index (χ3n) is 5.82. The molecule has 2 amide bonds. The van der Waals surface area contributed by atoms with Crippen molar-refractivity contribution in [3.05, 3.63) is 63.1 Å². The number of hydrogen-bond donors (Lipinski definition) is 3. The highest BCUT2D eigenvalue weighted by Crippen LogP contribution is 2.37. The number of esters is 1. The monoisotopic (exact) mass is 580 g/mol. The Labute approximate surface area is 229 Å². The highest BCUT2D eigenvalue weighted by atomic mass is 32.1. The van der Waals surface area contributed by atoms with E-state index in [1.54, 1.807) is 0 Å². The first-order valence-corrected chi connectivity index (χ1v) is 12.6. The normalized spacial score (nSPS) is 12.4. The van der Waals surface area contributed by atoms with Crippen molar-refractivity contribution in [3.63, 3.8) is 0 Å². The molecule has 0 unspecified atom stereocenters. The van der Waals surface area contributed by atoms with E-state index in [1.165, 1.54) is 18.6 Å². The second-order valence-corrected chi connectivity index (χ2v) is 9.47. The Morgan fingerprint density at radius 2 is 1.68 bits per heavy atom. The van der Waals surface area contributed by atoms with Gasteiger partial charge in [0, 0.05) is 17.5 Å². The van der Waals surface area contributed by atoms with Crippen molar-refractivity contribution in [1.29, 1.82) is 0 Å². The van der Waals surface area contributed by atoms with E-state index in [4.69, 9.17) is 14.2 Å². The second kappa shape index (κ2) is 12.2. The van der Waals surface area contributed by atoms with E-state index in [1.807, 2.05) is 0 Å². The third-order valence-corrected chi connectivity index (χ3v) is 6.78. The summed E-state index contributed by atoms with van der Waals surface area (Å²) in [6, 6.07) is 3.15. The summed E-state index contributed by atoms with van der Waals surface area (Å²) >= 11 is 0.739. The van der Waals surface area contributed by atoms with Crippen LogP contribution in [0.5, 0.6) is 17.2 Å². The third kappa shape index (κ3) is 6.39. The fourth-order valence-corrected chi connectivity index (χ4v) is 4.49. The van der Waals surface area contributed by atoms with Gasteiger partial charge in [-0.25, -0.2) is 27.6 Å². The van der Waals surface area contributed by atoms with Gasteiger partial charge in [-0.2, -0.15) is 0 Å². The van der Waals surface area contributed by atoms with Crippen LogP contribution in [0.15, 0.2) is 29.6 Å². The van der Waals surface area contributed by atoms with Gasteiger partial charge in [-0.05, 0) is 30.9 Å². The first-order valence-electron chi connectivity index (χ1n) is 11.7. The summed E-state index contributed by atoms with van der Waals surface area (Å²) in [5.74, 6) is -5.41. The number of aromatic carboxylic acids is 1. The molecule has 10 nitrogen and oxygen atoms in total. The molecule has 0 saturated heterocycles. The highest BCUT2D eigenvalue weighted by molar-refractivity contribution is 7.13. The zero-order valence-electron chi connectivity index (χ0n) is 21.1. The van der Waals surface area contributed by atoms with E-state index in [2.05, 4.69) is 15.4 Å². The number of ether oxygens (including phenoxy) is 4. The first-order chi connectivity index (χ1) is 19.1. The van der Waals surface area contributed by atoms with Crippen LogP contribution >= 0.6 is 11.3 Å². The zero-order valence-corrected chi connectivity index (χ0v) is 22.0. The summed E-state index contributed by atoms with van der Waals surface area (Å²) < 4.78 is 64.2. The van der Waals surface area contributed by atoms with E-state index in [0.29, 0.717) is 5.92 Å². The predicted octanol–water partition coefficient (Wildman–Crippen LogP) is 5.67. The average Bonchev–Trinajstić information content (AvgIpc) is 3.66. The van der Waals surface area contributed by atoms with E-state index < -0.39 is 53.3 Å². The number of carbonyl (C=O) groups excluding carboxylic acids is 2. The Balaban J connectivity index is 1.58. The molecule has 1 aliphatic rings. The summed E-state index contributed by atoms with van der Waals surface area (Å²) in [5, 5.41) is 15.2. The summed E-state index contributed by atoms with van der Waals surface area (Å²) in [7, 11) is 2.35. The van der Waals surface area contributed by atoms with Crippen molar-refractivity contribution >= 4 is 40.7 Å². The van der Waals surface area contributed by atoms with Crippen LogP contribution in [-0.2, 0) is 11.3 Å². The minimum absolute atomic E-state index is 0.0236. The molecular weight excluding hydrogens is 557 g/mol. The van der Waals surface area contributed by atoms with Gasteiger partial charge in [0.25, 0.3) is 0 Å². The number of rotatable bonds is 11. The molecule has 2 aromatic carbocycles. The molecule has 0 radical (unpaired) electrons. The maximum atomic E-state index is 15.0. The van der Waals surface area contributed by atoms with Gasteiger partial charge < -0.3 is 34.7 Å². The second-order valence-electron chi connectivity index (χ2n) is 8.59. The van der Waals surface area contributed by atoms with Crippen molar-refractivity contribution in [2.24, 2.45) is 5.92 Å². The van der Waals surface area contributed by atoms with Crippen molar-refractivity contribution in [3.8, 4) is 17.2 Å². The SMILES string of the molecule is COC(=O)c1scc(NC(=O)Nc2cc(OCc3c(OC)ccc(F)c3F)c(OCC3CC3)cc2F)c1C(=O)O. The number of methoxy groups -OCH3 is 2. The number of carboxylic acids is 1. The molecule has 1 aliphatic carbocycles. The molecule has 0 aliphatic heterocycles. The molecule has 0 spiro atoms. The number of urea groups is 1. The minimum Gasteiger partial charge on any atom is -0.496 e. The van der Waals surface area contributed by atoms with Crippen LogP contribution < -0.4 is 24.8 Å². The number of carboxylic acid groups (broad SMARTS) is 1. The number of carbonyl (C=O) groups is 3. The molecular formula is C26H23F3N2O8S. The molecule has 40 heavy (non-hydrogen) atoms. The molecule has 0 atom stereocenters. The minimum atomic E-state index is -1.49. The predicted molar refractivity (Wildman–Crippen MR) is 137 cm³/mol. The van der Waals surface area contributed by atoms with Crippen LogP contribution in [-0.4, -0.2) is 43.9 Å². The summed E-state index contributed by atoms with van der Waals surface area (Å²) in [5.41, 5.74) is -1.33. The lowest BCUT2D eigenvalue weighted by Crippen LogP contribution is -2.21. The van der Waals surface area contributed by atoms with E-state index in [9.17, 15) is 32.7 Å². The standard InChI is InChI=1S/C26H23F3N2O8S/c1-36-18-6-5-14(27)22(29)13(18)10-39-20-8-16(15(28)7-19(20)38-9-12-3-4-12)30-26(35)31-17-11-40-23(25(34)37-2)21(17)24(32)33/h5-8,11-12H,3-4,9-10H2,1-2H3,(H,32,33)(H2,30,31,35). The van der Waals surface area contributed by atoms with Crippen LogP contribution in [0, 0.1) is 23.4 Å². The number of benzene rings is 2. The molecule has 3 N–H and O–H groups in total. The van der Waals surface area contributed by atoms with E-state index >= 15 is 0 Å². The van der Waals surface area contributed by atoms with Crippen molar-refractivity contribution in [1.82, 2.24) is 0 Å². The van der Waals surface area contributed by atoms with Gasteiger partial charge in [-0.3, -0.25) is 0 Å². The lowest BCUT2D eigenvalue weighted by Gasteiger charge is -2.17. The Morgan fingerprint density at radius 1 is 0.975 bits per heavy atom. The van der Waals surface area contributed by atoms with Gasteiger partial charge in [0.05, 0.1) is 37.8 Å². The van der Waals surface area contributed by atoms with Gasteiger partial charge in [0.1, 0.15) is 22.8 Å². The van der Waals surface area contributed by atoms with Gasteiger partial charge in [-0.15, -0.1) is 11.3 Å². The topological polar surface area (TPSA) is 132 Å². The Hall–Kier alpha value is -4.46. The van der Waals surface area contributed by atoms with Gasteiger partial charge >= 0.3 is 18.0 Å². The zero-order chi connectivity index (χ0) is 29.0. The first kappa shape index (κ1) is 28.5. The molecule has 0 bridgehead atoms. The molecule has 1 heterocycles. The molecule has 14 heteroatoms. The van der Waals surface area contributed by atoms with E-state index in [0.717, 1.165) is 49.5 Å². The molecule has 4 rings (SSSR count). The fourth-order valence-electron chi connectivity index (χ4n) is 3.58. The molecule has 212 valence electrons. The molecule has 1 saturated carbocycles. The Morgan fingerprint density at radius 3 is 2.33 bits per heavy atom. The van der Waals surface area contributed by atoms with Crippen LogP contribution in [0.4, 0.5) is 29.3 Å². The Kier molecular flexibility index (Phi) is 8.67. The van der Waals surface area contributed by atoms with Crippen molar-refractivity contribution in [2.45, 2.75) is 19.4 Å². The summed E-state index contributed by atoms with van der Waals surface area (Å²) in [6.45, 7) is -0.240. The molecule has 1 fully saturated rings. The lowest BCUT2D eigenvalue weighted by molar-refractivity contribution is 0.0589. The molecule has 3 aromatic rings. The quantitative estimate of drug-likeness (QED) is 0.247. The number of anilines is 2. The summed E-state index contributed by atoms with van der Waals surface area (Å²) in [6.07, 6.45) is 1.89. The number of thiophene rings is 1. The van der Waals surface area contributed by atoms with Gasteiger partial charge in [0.15, 0.2) is 29.0 Å². The number of halogens is 3. The Bertz CT molecular complexity index is 1460. The van der Waals surface area contributed by atoms with Crippen LogP contribution in [0.2, 0.25) is 0 Å². The largest absolute Gasteiger partial charge is 0.496 e. The van der Waals surface area contributed by atoms with Gasteiger partial charge in [0.2, 0.25) is 0 Å². The summed E-state index contributed by atoms with van der Waals surface area (Å²) in [4.78, 5) is 35.9. The molecule has 1 aromatic heterocycles.